The van der Waals surface area contributed by atoms with E-state index in [9.17, 15) is 13.2 Å². The number of esters is 1. The molecule has 1 unspecified atom stereocenters. The van der Waals surface area contributed by atoms with Crippen molar-refractivity contribution in [1.29, 1.82) is 0 Å². The second-order valence-corrected chi connectivity index (χ2v) is 9.21. The van der Waals surface area contributed by atoms with E-state index in [1.54, 1.807) is 0 Å². The molecule has 4 N–H and O–H groups in total. The fourth-order valence-corrected chi connectivity index (χ4v) is 4.38. The maximum atomic E-state index is 13.3. The maximum Gasteiger partial charge on any atom is 0.324 e. The molecule has 27 heavy (non-hydrogen) atoms. The molecule has 0 saturated carbocycles. The van der Waals surface area contributed by atoms with E-state index in [-0.39, 0.29) is 23.4 Å². The van der Waals surface area contributed by atoms with Gasteiger partial charge in [-0.1, -0.05) is 13.8 Å². The molecule has 0 amide bonds. The highest BCUT2D eigenvalue weighted by Crippen LogP contribution is 2.24. The third kappa shape index (κ3) is 7.12. The molecule has 7 nitrogen and oxygen atoms in total. The van der Waals surface area contributed by atoms with Gasteiger partial charge in [-0.15, -0.1) is 0 Å². The fraction of sp³-hybridized carbons (Fsp3) is 0.632. The molecular weight excluding hydrogens is 366 g/mol. The predicted molar refractivity (Wildman–Crippen MR) is 108 cm³/mol. The summed E-state index contributed by atoms with van der Waals surface area (Å²) in [5.41, 5.74) is 11.9. The quantitative estimate of drug-likeness (QED) is 0.436. The van der Waals surface area contributed by atoms with E-state index in [2.05, 4.69) is 0 Å². The number of carbonyl (C=O) groups is 1. The topological polar surface area (TPSA) is 116 Å². The third-order valence-electron chi connectivity index (χ3n) is 4.37. The van der Waals surface area contributed by atoms with Gasteiger partial charge in [-0.3, -0.25) is 4.79 Å². The number of benzene rings is 1. The Morgan fingerprint density at radius 3 is 2.19 bits per heavy atom. The summed E-state index contributed by atoms with van der Waals surface area (Å²) < 4.78 is 32.7. The van der Waals surface area contributed by atoms with E-state index in [1.165, 1.54) is 35.7 Å². The van der Waals surface area contributed by atoms with Crippen molar-refractivity contribution >= 4 is 21.7 Å². The summed E-state index contributed by atoms with van der Waals surface area (Å²) in [6, 6.07) is 5.11. The first-order valence-corrected chi connectivity index (χ1v) is 10.7. The molecule has 0 aliphatic carbocycles. The molecule has 0 bridgehead atoms. The zero-order valence-electron chi connectivity index (χ0n) is 16.7. The van der Waals surface area contributed by atoms with Gasteiger partial charge in [0, 0.05) is 18.3 Å². The molecule has 0 saturated heterocycles. The molecule has 0 aromatic heterocycles. The van der Waals surface area contributed by atoms with Gasteiger partial charge >= 0.3 is 5.97 Å². The van der Waals surface area contributed by atoms with Crippen molar-refractivity contribution in [2.24, 2.45) is 11.7 Å². The predicted octanol–water partition coefficient (Wildman–Crippen LogP) is 2.36. The van der Waals surface area contributed by atoms with Crippen LogP contribution in [0, 0.1) is 5.92 Å². The fourth-order valence-electron chi connectivity index (χ4n) is 2.75. The van der Waals surface area contributed by atoms with E-state index in [1.807, 2.05) is 20.8 Å². The number of nitrogens with two attached hydrogens (primary N) is 2. The van der Waals surface area contributed by atoms with Crippen LogP contribution in [0.15, 0.2) is 29.2 Å². The van der Waals surface area contributed by atoms with Crippen molar-refractivity contribution in [3.63, 3.8) is 0 Å². The SMILES string of the molecule is COC(=O)[C@H](CCCC(C)N)N(CCC(C)C)S(=O)(=O)c1ccc(N)cc1. The average molecular weight is 400 g/mol. The lowest BCUT2D eigenvalue weighted by atomic mass is 10.1. The number of hydrogen-bond acceptors (Lipinski definition) is 6. The van der Waals surface area contributed by atoms with Gasteiger partial charge in [0.15, 0.2) is 0 Å². The summed E-state index contributed by atoms with van der Waals surface area (Å²) in [4.78, 5) is 12.5. The Balaban J connectivity index is 3.23. The minimum Gasteiger partial charge on any atom is -0.468 e. The molecule has 2 atom stereocenters. The molecule has 154 valence electrons. The van der Waals surface area contributed by atoms with Gasteiger partial charge in [0.05, 0.1) is 12.0 Å². The molecular formula is C19H33N3O4S. The van der Waals surface area contributed by atoms with E-state index in [4.69, 9.17) is 16.2 Å². The van der Waals surface area contributed by atoms with Crippen molar-refractivity contribution < 1.29 is 17.9 Å². The molecule has 1 aromatic rings. The molecule has 0 heterocycles. The van der Waals surface area contributed by atoms with Gasteiger partial charge in [-0.2, -0.15) is 4.31 Å². The molecule has 8 heteroatoms. The lowest BCUT2D eigenvalue weighted by Gasteiger charge is -2.30. The van der Waals surface area contributed by atoms with Crippen LogP contribution >= 0.6 is 0 Å². The van der Waals surface area contributed by atoms with E-state index in [0.29, 0.717) is 31.4 Å². The highest BCUT2D eigenvalue weighted by molar-refractivity contribution is 7.89. The summed E-state index contributed by atoms with van der Waals surface area (Å²) in [5, 5.41) is 0. The number of nitrogens with zero attached hydrogens (tertiary/aromatic N) is 1. The third-order valence-corrected chi connectivity index (χ3v) is 6.29. The zero-order chi connectivity index (χ0) is 20.6. The number of anilines is 1. The number of rotatable bonds is 11. The number of methoxy groups -OCH3 is 1. The van der Waals surface area contributed by atoms with Crippen LogP contribution in [0.4, 0.5) is 5.69 Å². The minimum atomic E-state index is -3.87. The van der Waals surface area contributed by atoms with E-state index in [0.717, 1.165) is 0 Å². The summed E-state index contributed by atoms with van der Waals surface area (Å²) in [7, 11) is -2.60. The van der Waals surface area contributed by atoms with E-state index < -0.39 is 22.0 Å². The largest absolute Gasteiger partial charge is 0.468 e. The first-order valence-electron chi connectivity index (χ1n) is 9.30. The molecule has 0 fully saturated rings. The summed E-state index contributed by atoms with van der Waals surface area (Å²) in [6.07, 6.45) is 2.33. The summed E-state index contributed by atoms with van der Waals surface area (Å²) in [6.45, 7) is 6.14. The maximum absolute atomic E-state index is 13.3. The first kappa shape index (κ1) is 23.4. The second-order valence-electron chi connectivity index (χ2n) is 7.31. The normalized spacial score (nSPS) is 14.3. The highest BCUT2D eigenvalue weighted by atomic mass is 32.2. The second kappa shape index (κ2) is 10.6. The van der Waals surface area contributed by atoms with Crippen molar-refractivity contribution in [2.45, 2.75) is 63.4 Å². The van der Waals surface area contributed by atoms with Crippen LogP contribution in [0.3, 0.4) is 0 Å². The smallest absolute Gasteiger partial charge is 0.324 e. The van der Waals surface area contributed by atoms with Gasteiger partial charge in [-0.05, 0) is 62.8 Å². The Morgan fingerprint density at radius 2 is 1.70 bits per heavy atom. The van der Waals surface area contributed by atoms with Gasteiger partial charge in [0.2, 0.25) is 10.0 Å². The standard InChI is InChI=1S/C19H33N3O4S/c1-14(2)12-13-22(18(19(23)26-4)7-5-6-15(3)20)27(24,25)17-10-8-16(21)9-11-17/h8-11,14-15,18H,5-7,12-13,20-21H2,1-4H3/t15?,18-/m0/s1. The number of nitrogen functional groups attached to an aromatic ring is 1. The van der Waals surface area contributed by atoms with Gasteiger partial charge in [0.25, 0.3) is 0 Å². The van der Waals surface area contributed by atoms with Gasteiger partial charge in [-0.25, -0.2) is 8.42 Å². The Morgan fingerprint density at radius 1 is 1.11 bits per heavy atom. The van der Waals surface area contributed by atoms with Crippen molar-refractivity contribution in [3.8, 4) is 0 Å². The first-order chi connectivity index (χ1) is 12.6. The molecule has 0 aliphatic rings. The van der Waals surface area contributed by atoms with Crippen molar-refractivity contribution in [2.75, 3.05) is 19.4 Å². The Kier molecular flexibility index (Phi) is 9.21. The lowest BCUT2D eigenvalue weighted by Crippen LogP contribution is -2.46. The average Bonchev–Trinajstić information content (AvgIpc) is 2.59. The van der Waals surface area contributed by atoms with Crippen LogP contribution in [-0.4, -0.2) is 44.4 Å². The molecule has 0 spiro atoms. The van der Waals surface area contributed by atoms with Crippen LogP contribution in [0.25, 0.3) is 0 Å². The highest BCUT2D eigenvalue weighted by Gasteiger charge is 2.36. The number of hydrogen-bond donors (Lipinski definition) is 2. The Labute approximate surface area is 163 Å². The van der Waals surface area contributed by atoms with Crippen LogP contribution in [0.2, 0.25) is 0 Å². The number of sulfonamides is 1. The molecule has 1 rings (SSSR count). The molecule has 0 aliphatic heterocycles. The Hall–Kier alpha value is -1.64. The Bertz CT molecular complexity index is 687. The summed E-state index contributed by atoms with van der Waals surface area (Å²) in [5.74, 6) is -0.265. The summed E-state index contributed by atoms with van der Waals surface area (Å²) >= 11 is 0. The van der Waals surface area contributed by atoms with Gasteiger partial charge < -0.3 is 16.2 Å². The zero-order valence-corrected chi connectivity index (χ0v) is 17.5. The van der Waals surface area contributed by atoms with Gasteiger partial charge in [0.1, 0.15) is 6.04 Å². The number of ether oxygens (including phenoxy) is 1. The lowest BCUT2D eigenvalue weighted by molar-refractivity contribution is -0.145. The number of carbonyl (C=O) groups excluding carboxylic acids is 1. The molecule has 0 radical (unpaired) electrons. The molecule has 1 aromatic carbocycles. The van der Waals surface area contributed by atoms with Crippen LogP contribution in [0.5, 0.6) is 0 Å². The van der Waals surface area contributed by atoms with Crippen molar-refractivity contribution in [3.05, 3.63) is 24.3 Å². The van der Waals surface area contributed by atoms with Crippen molar-refractivity contribution in [1.82, 2.24) is 4.31 Å². The monoisotopic (exact) mass is 399 g/mol. The van der Waals surface area contributed by atoms with Crippen LogP contribution in [-0.2, 0) is 19.6 Å². The van der Waals surface area contributed by atoms with E-state index >= 15 is 0 Å². The van der Waals surface area contributed by atoms with Crippen LogP contribution < -0.4 is 11.5 Å². The van der Waals surface area contributed by atoms with Crippen LogP contribution in [0.1, 0.15) is 46.5 Å². The minimum absolute atomic E-state index is 0.0129.